The van der Waals surface area contributed by atoms with Crippen LogP contribution in [0, 0.1) is 17.8 Å². The van der Waals surface area contributed by atoms with Crippen molar-refractivity contribution >= 4 is 0 Å². The molecule has 0 aliphatic heterocycles. The number of rotatable bonds is 3. The molecule has 3 aliphatic carbocycles. The standard InChI is InChI=1S/C18H25N/c19-18(17-15-9-1-2-10-16(15)17)14-8-4-7-13(11-14)12-5-3-6-12/h4,7-8,11-12,15-18H,1-3,5-6,9-10,19H2. The van der Waals surface area contributed by atoms with Crippen molar-refractivity contribution in [2.45, 2.75) is 56.9 Å². The average molecular weight is 255 g/mol. The number of hydrogen-bond donors (Lipinski definition) is 1. The normalized spacial score (nSPS) is 35.3. The Morgan fingerprint density at radius 1 is 0.947 bits per heavy atom. The van der Waals surface area contributed by atoms with Crippen LogP contribution >= 0.6 is 0 Å². The van der Waals surface area contributed by atoms with Gasteiger partial charge in [-0.2, -0.15) is 0 Å². The molecule has 1 aromatic rings. The van der Waals surface area contributed by atoms with Crippen molar-refractivity contribution in [1.29, 1.82) is 0 Å². The van der Waals surface area contributed by atoms with Gasteiger partial charge in [0.05, 0.1) is 0 Å². The van der Waals surface area contributed by atoms with Crippen molar-refractivity contribution in [3.63, 3.8) is 0 Å². The molecule has 1 aromatic carbocycles. The minimum atomic E-state index is 0.299. The minimum absolute atomic E-state index is 0.299. The van der Waals surface area contributed by atoms with Crippen LogP contribution in [0.2, 0.25) is 0 Å². The Kier molecular flexibility index (Phi) is 2.91. The first-order valence-electron chi connectivity index (χ1n) is 8.20. The van der Waals surface area contributed by atoms with Gasteiger partial charge < -0.3 is 5.73 Å². The summed E-state index contributed by atoms with van der Waals surface area (Å²) in [5.74, 6) is 3.53. The zero-order valence-corrected chi connectivity index (χ0v) is 11.7. The first-order valence-corrected chi connectivity index (χ1v) is 8.20. The van der Waals surface area contributed by atoms with E-state index in [1.807, 2.05) is 0 Å². The maximum Gasteiger partial charge on any atom is 0.0329 e. The van der Waals surface area contributed by atoms with Crippen molar-refractivity contribution in [3.05, 3.63) is 35.4 Å². The van der Waals surface area contributed by atoms with Gasteiger partial charge in [-0.3, -0.25) is 0 Å². The molecule has 1 nitrogen and oxygen atoms in total. The summed E-state index contributed by atoms with van der Waals surface area (Å²) < 4.78 is 0. The first-order chi connectivity index (χ1) is 9.34. The Labute approximate surface area is 116 Å². The summed E-state index contributed by atoms with van der Waals surface area (Å²) in [6.07, 6.45) is 9.92. The number of hydrogen-bond acceptors (Lipinski definition) is 1. The Bertz CT molecular complexity index is 451. The van der Waals surface area contributed by atoms with Crippen LogP contribution < -0.4 is 5.73 Å². The molecular weight excluding hydrogens is 230 g/mol. The van der Waals surface area contributed by atoms with E-state index in [0.29, 0.717) is 6.04 Å². The van der Waals surface area contributed by atoms with Crippen LogP contribution in [0.4, 0.5) is 0 Å². The van der Waals surface area contributed by atoms with Crippen molar-refractivity contribution < 1.29 is 0 Å². The lowest BCUT2D eigenvalue weighted by Crippen LogP contribution is -2.16. The van der Waals surface area contributed by atoms with Crippen LogP contribution in [-0.2, 0) is 0 Å². The quantitative estimate of drug-likeness (QED) is 0.851. The fraction of sp³-hybridized carbons (Fsp3) is 0.667. The molecular formula is C18H25N. The average Bonchev–Trinajstić information content (AvgIpc) is 3.10. The SMILES string of the molecule is NC(c1cccc(C2CCC2)c1)C1C2CCCCC21. The molecule has 2 N–H and O–H groups in total. The molecule has 0 radical (unpaired) electrons. The predicted molar refractivity (Wildman–Crippen MR) is 78.9 cm³/mol. The summed E-state index contributed by atoms with van der Waals surface area (Å²) in [7, 11) is 0. The molecule has 3 unspecified atom stereocenters. The van der Waals surface area contributed by atoms with Gasteiger partial charge >= 0.3 is 0 Å². The number of fused-ring (bicyclic) bond motifs is 1. The third-order valence-corrected chi connectivity index (χ3v) is 6.01. The zero-order valence-electron chi connectivity index (χ0n) is 11.7. The molecule has 19 heavy (non-hydrogen) atoms. The van der Waals surface area contributed by atoms with Crippen molar-refractivity contribution in [2.24, 2.45) is 23.5 Å². The summed E-state index contributed by atoms with van der Waals surface area (Å²) in [6, 6.07) is 9.51. The molecule has 0 spiro atoms. The van der Waals surface area contributed by atoms with E-state index in [9.17, 15) is 0 Å². The highest BCUT2D eigenvalue weighted by Gasteiger charge is 2.53. The predicted octanol–water partition coefficient (Wildman–Crippen LogP) is 4.39. The van der Waals surface area contributed by atoms with Gasteiger partial charge in [-0.05, 0) is 60.5 Å². The maximum absolute atomic E-state index is 6.59. The van der Waals surface area contributed by atoms with Crippen LogP contribution in [0.15, 0.2) is 24.3 Å². The van der Waals surface area contributed by atoms with Crippen LogP contribution in [0.3, 0.4) is 0 Å². The Balaban J connectivity index is 1.52. The van der Waals surface area contributed by atoms with Crippen LogP contribution in [0.5, 0.6) is 0 Å². The van der Waals surface area contributed by atoms with E-state index in [2.05, 4.69) is 24.3 Å². The van der Waals surface area contributed by atoms with Crippen molar-refractivity contribution in [3.8, 4) is 0 Å². The Hall–Kier alpha value is -0.820. The van der Waals surface area contributed by atoms with Crippen LogP contribution in [0.1, 0.15) is 68.0 Å². The molecule has 3 atom stereocenters. The van der Waals surface area contributed by atoms with E-state index in [4.69, 9.17) is 5.73 Å². The van der Waals surface area contributed by atoms with E-state index < -0.39 is 0 Å². The Morgan fingerprint density at radius 2 is 1.68 bits per heavy atom. The summed E-state index contributed by atoms with van der Waals surface area (Å²) in [5.41, 5.74) is 9.54. The molecule has 0 heterocycles. The lowest BCUT2D eigenvalue weighted by atomic mass is 9.79. The second-order valence-corrected chi connectivity index (χ2v) is 7.01. The Morgan fingerprint density at radius 3 is 2.32 bits per heavy atom. The molecule has 0 saturated heterocycles. The molecule has 0 aromatic heterocycles. The first kappa shape index (κ1) is 12.0. The molecule has 102 valence electrons. The third kappa shape index (κ3) is 2.03. The fourth-order valence-corrected chi connectivity index (χ4v) is 4.56. The molecule has 3 fully saturated rings. The minimum Gasteiger partial charge on any atom is -0.324 e. The second kappa shape index (κ2) is 4.63. The number of benzene rings is 1. The zero-order chi connectivity index (χ0) is 12.8. The topological polar surface area (TPSA) is 26.0 Å². The third-order valence-electron chi connectivity index (χ3n) is 6.01. The molecule has 0 amide bonds. The summed E-state index contributed by atoms with van der Waals surface area (Å²) in [5, 5.41) is 0. The molecule has 4 rings (SSSR count). The van der Waals surface area contributed by atoms with Gasteiger partial charge in [-0.1, -0.05) is 43.5 Å². The van der Waals surface area contributed by atoms with Crippen molar-refractivity contribution in [1.82, 2.24) is 0 Å². The molecule has 3 aliphatic rings. The molecule has 3 saturated carbocycles. The monoisotopic (exact) mass is 255 g/mol. The largest absolute Gasteiger partial charge is 0.324 e. The van der Waals surface area contributed by atoms with Crippen LogP contribution in [0.25, 0.3) is 0 Å². The van der Waals surface area contributed by atoms with E-state index in [-0.39, 0.29) is 0 Å². The van der Waals surface area contributed by atoms with E-state index in [1.54, 1.807) is 5.56 Å². The highest BCUT2D eigenvalue weighted by Crippen LogP contribution is 2.59. The van der Waals surface area contributed by atoms with E-state index >= 15 is 0 Å². The lowest BCUT2D eigenvalue weighted by molar-refractivity contribution is 0.419. The van der Waals surface area contributed by atoms with Gasteiger partial charge in [0, 0.05) is 6.04 Å². The summed E-state index contributed by atoms with van der Waals surface area (Å²) in [4.78, 5) is 0. The van der Waals surface area contributed by atoms with Crippen molar-refractivity contribution in [2.75, 3.05) is 0 Å². The smallest absolute Gasteiger partial charge is 0.0329 e. The van der Waals surface area contributed by atoms with Gasteiger partial charge in [0.2, 0.25) is 0 Å². The highest BCUT2D eigenvalue weighted by atomic mass is 14.7. The summed E-state index contributed by atoms with van der Waals surface area (Å²) in [6.45, 7) is 0. The molecule has 0 bridgehead atoms. The van der Waals surface area contributed by atoms with E-state index in [0.717, 1.165) is 23.7 Å². The fourth-order valence-electron chi connectivity index (χ4n) is 4.56. The lowest BCUT2D eigenvalue weighted by Gasteiger charge is -2.26. The van der Waals surface area contributed by atoms with Gasteiger partial charge in [0.25, 0.3) is 0 Å². The number of nitrogens with two attached hydrogens (primary N) is 1. The van der Waals surface area contributed by atoms with Gasteiger partial charge in [-0.25, -0.2) is 0 Å². The second-order valence-electron chi connectivity index (χ2n) is 7.01. The summed E-state index contributed by atoms with van der Waals surface area (Å²) >= 11 is 0. The van der Waals surface area contributed by atoms with Crippen LogP contribution in [-0.4, -0.2) is 0 Å². The van der Waals surface area contributed by atoms with Gasteiger partial charge in [0.15, 0.2) is 0 Å². The molecule has 1 heteroatoms. The van der Waals surface area contributed by atoms with E-state index in [1.165, 1.54) is 50.5 Å². The van der Waals surface area contributed by atoms with Gasteiger partial charge in [-0.15, -0.1) is 0 Å². The highest BCUT2D eigenvalue weighted by molar-refractivity contribution is 5.31. The van der Waals surface area contributed by atoms with Gasteiger partial charge in [0.1, 0.15) is 0 Å². The maximum atomic E-state index is 6.59.